The number of aliphatic hydroxyl groups is 1. The number of halogens is 1. The average Bonchev–Trinajstić information content (AvgIpc) is 2.62. The number of rotatable bonds is 3. The van der Waals surface area contributed by atoms with Gasteiger partial charge in [-0.15, -0.1) is 0 Å². The topological polar surface area (TPSA) is 78.3 Å². The molecular weight excluding hydrogens is 316 g/mol. The van der Waals surface area contributed by atoms with Crippen LogP contribution in [-0.4, -0.2) is 52.1 Å². The first-order valence-electron chi connectivity index (χ1n) is 7.41. The number of carbonyl (C=O) groups excluding carboxylic acids is 1. The number of nitrogens with one attached hydrogen (secondary N) is 1. The minimum absolute atomic E-state index is 0.0493. The highest BCUT2D eigenvalue weighted by Crippen LogP contribution is 2.23. The lowest BCUT2D eigenvalue weighted by Crippen LogP contribution is -2.46. The Hall–Kier alpha value is -2.02. The molecule has 2 heterocycles. The Kier molecular flexibility index (Phi) is 4.85. The van der Waals surface area contributed by atoms with E-state index in [4.69, 9.17) is 16.7 Å². The minimum atomic E-state index is -0.113. The van der Waals surface area contributed by atoms with E-state index in [1.54, 1.807) is 35.5 Å². The molecular formula is C16H17ClN4O2. The number of benzene rings is 1. The number of piperazine rings is 1. The van der Waals surface area contributed by atoms with Gasteiger partial charge in [-0.05, 0) is 11.6 Å². The molecule has 120 valence electrons. The van der Waals surface area contributed by atoms with Crippen molar-refractivity contribution in [2.45, 2.75) is 6.61 Å². The number of nitrogens with zero attached hydrogens (tertiary/aromatic N) is 3. The second-order valence-electron chi connectivity index (χ2n) is 5.30. The van der Waals surface area contributed by atoms with E-state index in [1.807, 2.05) is 0 Å². The molecule has 0 saturated carbocycles. The number of hydrogen-bond donors (Lipinski definition) is 2. The Bertz CT molecular complexity index is 700. The van der Waals surface area contributed by atoms with E-state index in [0.717, 1.165) is 18.7 Å². The molecule has 1 saturated heterocycles. The monoisotopic (exact) mass is 332 g/mol. The SMILES string of the molecule is O=C(c1cnc(-c2ccc(CO)c(Cl)c2)nc1)N1CCNCC1. The smallest absolute Gasteiger partial charge is 0.257 e. The van der Waals surface area contributed by atoms with Crippen LogP contribution in [0.25, 0.3) is 11.4 Å². The van der Waals surface area contributed by atoms with Crippen molar-refractivity contribution in [2.24, 2.45) is 0 Å². The highest BCUT2D eigenvalue weighted by Gasteiger charge is 2.18. The first-order valence-corrected chi connectivity index (χ1v) is 7.78. The second kappa shape index (κ2) is 7.04. The van der Waals surface area contributed by atoms with Gasteiger partial charge in [0.05, 0.1) is 12.2 Å². The van der Waals surface area contributed by atoms with Crippen LogP contribution in [0.5, 0.6) is 0 Å². The van der Waals surface area contributed by atoms with Crippen molar-refractivity contribution in [1.82, 2.24) is 20.2 Å². The van der Waals surface area contributed by atoms with Crippen molar-refractivity contribution in [3.8, 4) is 11.4 Å². The summed E-state index contributed by atoms with van der Waals surface area (Å²) >= 11 is 6.08. The molecule has 6 nitrogen and oxygen atoms in total. The van der Waals surface area contributed by atoms with Crippen molar-refractivity contribution in [3.63, 3.8) is 0 Å². The van der Waals surface area contributed by atoms with Gasteiger partial charge in [0.25, 0.3) is 5.91 Å². The van der Waals surface area contributed by atoms with Crippen molar-refractivity contribution in [3.05, 3.63) is 46.7 Å². The summed E-state index contributed by atoms with van der Waals surface area (Å²) < 4.78 is 0. The van der Waals surface area contributed by atoms with Gasteiger partial charge >= 0.3 is 0 Å². The van der Waals surface area contributed by atoms with Crippen LogP contribution < -0.4 is 5.32 Å². The lowest BCUT2D eigenvalue weighted by Gasteiger charge is -2.27. The molecule has 0 spiro atoms. The van der Waals surface area contributed by atoms with E-state index >= 15 is 0 Å². The predicted octanol–water partition coefficient (Wildman–Crippen LogP) is 1.33. The fourth-order valence-corrected chi connectivity index (χ4v) is 2.69. The summed E-state index contributed by atoms with van der Waals surface area (Å²) in [5, 5.41) is 12.8. The molecule has 2 aromatic rings. The number of hydrogen-bond acceptors (Lipinski definition) is 5. The molecule has 1 aliphatic heterocycles. The van der Waals surface area contributed by atoms with Crippen LogP contribution in [0.1, 0.15) is 15.9 Å². The third kappa shape index (κ3) is 3.50. The zero-order valence-corrected chi connectivity index (χ0v) is 13.3. The molecule has 7 heteroatoms. The first kappa shape index (κ1) is 15.9. The molecule has 0 unspecified atom stereocenters. The molecule has 1 amide bonds. The predicted molar refractivity (Wildman–Crippen MR) is 87.2 cm³/mol. The standard InChI is InChI=1S/C16H17ClN4O2/c17-14-7-11(1-2-12(14)10-22)15-19-8-13(9-20-15)16(23)21-5-3-18-4-6-21/h1-2,7-9,18,22H,3-6,10H2. The second-order valence-corrected chi connectivity index (χ2v) is 5.71. The molecule has 0 radical (unpaired) electrons. The molecule has 3 rings (SSSR count). The average molecular weight is 333 g/mol. The Balaban J connectivity index is 1.79. The summed E-state index contributed by atoms with van der Waals surface area (Å²) in [4.78, 5) is 22.7. The number of aromatic nitrogens is 2. The largest absolute Gasteiger partial charge is 0.392 e. The number of amides is 1. The van der Waals surface area contributed by atoms with Gasteiger partial charge in [0.2, 0.25) is 0 Å². The normalized spacial score (nSPS) is 14.8. The maximum absolute atomic E-state index is 12.4. The van der Waals surface area contributed by atoms with Gasteiger partial charge < -0.3 is 15.3 Å². The van der Waals surface area contributed by atoms with Gasteiger partial charge in [-0.1, -0.05) is 23.7 Å². The zero-order chi connectivity index (χ0) is 16.2. The summed E-state index contributed by atoms with van der Waals surface area (Å²) in [6.45, 7) is 2.89. The fraction of sp³-hybridized carbons (Fsp3) is 0.312. The Morgan fingerprint density at radius 1 is 1.26 bits per heavy atom. The molecule has 2 N–H and O–H groups in total. The van der Waals surface area contributed by atoms with Crippen LogP contribution in [0.15, 0.2) is 30.6 Å². The summed E-state index contributed by atoms with van der Waals surface area (Å²) in [6, 6.07) is 5.24. The first-order chi connectivity index (χ1) is 11.2. The lowest BCUT2D eigenvalue weighted by molar-refractivity contribution is 0.0735. The van der Waals surface area contributed by atoms with Gasteiger partial charge in [0.15, 0.2) is 5.82 Å². The third-order valence-electron chi connectivity index (χ3n) is 3.78. The van der Waals surface area contributed by atoms with Crippen LogP contribution in [0.4, 0.5) is 0 Å². The summed E-state index contributed by atoms with van der Waals surface area (Å²) in [7, 11) is 0. The molecule has 23 heavy (non-hydrogen) atoms. The quantitative estimate of drug-likeness (QED) is 0.886. The Labute approximate surface area is 139 Å². The zero-order valence-electron chi connectivity index (χ0n) is 12.5. The van der Waals surface area contributed by atoms with E-state index in [0.29, 0.717) is 35.1 Å². The summed E-state index contributed by atoms with van der Waals surface area (Å²) in [6.07, 6.45) is 3.08. The van der Waals surface area contributed by atoms with Crippen molar-refractivity contribution in [2.75, 3.05) is 26.2 Å². The van der Waals surface area contributed by atoms with Crippen molar-refractivity contribution >= 4 is 17.5 Å². The van der Waals surface area contributed by atoms with E-state index < -0.39 is 0 Å². The fourth-order valence-electron chi connectivity index (χ4n) is 2.45. The highest BCUT2D eigenvalue weighted by molar-refractivity contribution is 6.31. The van der Waals surface area contributed by atoms with E-state index in [1.165, 1.54) is 0 Å². The Morgan fingerprint density at radius 2 is 1.96 bits per heavy atom. The van der Waals surface area contributed by atoms with Crippen molar-refractivity contribution in [1.29, 1.82) is 0 Å². The molecule has 0 atom stereocenters. The molecule has 1 fully saturated rings. The van der Waals surface area contributed by atoms with E-state index in [2.05, 4.69) is 15.3 Å². The van der Waals surface area contributed by atoms with Crippen molar-refractivity contribution < 1.29 is 9.90 Å². The van der Waals surface area contributed by atoms with Crippen LogP contribution in [0.2, 0.25) is 5.02 Å². The lowest BCUT2D eigenvalue weighted by atomic mass is 10.1. The number of carbonyl (C=O) groups is 1. The maximum atomic E-state index is 12.4. The van der Waals surface area contributed by atoms with Gasteiger partial charge in [-0.3, -0.25) is 4.79 Å². The maximum Gasteiger partial charge on any atom is 0.257 e. The van der Waals surface area contributed by atoms with E-state index in [-0.39, 0.29) is 12.5 Å². The molecule has 1 aromatic heterocycles. The van der Waals surface area contributed by atoms with Crippen LogP contribution in [-0.2, 0) is 6.61 Å². The molecule has 0 bridgehead atoms. The van der Waals surface area contributed by atoms with Gasteiger partial charge in [-0.2, -0.15) is 0 Å². The van der Waals surface area contributed by atoms with Crippen LogP contribution in [0.3, 0.4) is 0 Å². The molecule has 1 aromatic carbocycles. The Morgan fingerprint density at radius 3 is 2.57 bits per heavy atom. The third-order valence-corrected chi connectivity index (χ3v) is 4.14. The summed E-state index contributed by atoms with van der Waals surface area (Å²) in [5.41, 5.74) is 1.88. The minimum Gasteiger partial charge on any atom is -0.392 e. The highest BCUT2D eigenvalue weighted by atomic mass is 35.5. The van der Waals surface area contributed by atoms with Gasteiger partial charge in [-0.25, -0.2) is 9.97 Å². The number of aliphatic hydroxyl groups excluding tert-OH is 1. The van der Waals surface area contributed by atoms with E-state index in [9.17, 15) is 4.79 Å². The van der Waals surface area contributed by atoms with Crippen LogP contribution in [0, 0.1) is 0 Å². The van der Waals surface area contributed by atoms with Gasteiger partial charge in [0, 0.05) is 49.2 Å². The van der Waals surface area contributed by atoms with Gasteiger partial charge in [0.1, 0.15) is 0 Å². The summed E-state index contributed by atoms with van der Waals surface area (Å²) in [5.74, 6) is 0.444. The van der Waals surface area contributed by atoms with Crippen LogP contribution >= 0.6 is 11.6 Å². The molecule has 1 aliphatic rings. The molecule has 0 aliphatic carbocycles.